The van der Waals surface area contributed by atoms with Crippen molar-refractivity contribution in [3.8, 4) is 22.4 Å². The number of aromatic nitrogens is 2. The quantitative estimate of drug-likeness (QED) is 0.0289. The van der Waals surface area contributed by atoms with E-state index in [1.807, 2.05) is 82.9 Å². The largest absolute Gasteiger partial charge is 0.453 e. The van der Waals surface area contributed by atoms with E-state index in [0.717, 1.165) is 63.5 Å². The molecule has 15 heteroatoms. The molecule has 330 valence electrons. The lowest BCUT2D eigenvalue weighted by molar-refractivity contribution is -0.221. The second-order valence-electron chi connectivity index (χ2n) is 15.9. The van der Waals surface area contributed by atoms with Crippen molar-refractivity contribution in [1.29, 1.82) is 5.41 Å². The molecule has 3 amide bonds. The van der Waals surface area contributed by atoms with E-state index >= 15 is 0 Å². The van der Waals surface area contributed by atoms with Gasteiger partial charge in [0, 0.05) is 41.9 Å². The van der Waals surface area contributed by atoms with Gasteiger partial charge in [0.1, 0.15) is 18.5 Å². The van der Waals surface area contributed by atoms with Gasteiger partial charge in [0.05, 0.1) is 37.0 Å². The van der Waals surface area contributed by atoms with Crippen molar-refractivity contribution in [1.82, 2.24) is 25.1 Å². The summed E-state index contributed by atoms with van der Waals surface area (Å²) >= 11 is 3.48. The highest BCUT2D eigenvalue weighted by Crippen LogP contribution is 2.39. The number of H-pyrrole nitrogens is 1. The van der Waals surface area contributed by atoms with Gasteiger partial charge in [-0.05, 0) is 64.3 Å². The van der Waals surface area contributed by atoms with Crippen molar-refractivity contribution in [3.05, 3.63) is 144 Å². The molecule has 3 aliphatic rings. The lowest BCUT2D eigenvalue weighted by atomic mass is 9.96. The summed E-state index contributed by atoms with van der Waals surface area (Å²) in [6, 6.07) is 34.3. The van der Waals surface area contributed by atoms with Gasteiger partial charge in [0.15, 0.2) is 0 Å². The highest BCUT2D eigenvalue weighted by atomic mass is 32.2. The zero-order chi connectivity index (χ0) is 44.6. The van der Waals surface area contributed by atoms with E-state index in [-0.39, 0.29) is 41.0 Å². The fraction of sp³-hybridized carbons (Fsp3) is 0.306. The molecule has 13 nitrogen and oxygen atoms in total. The van der Waals surface area contributed by atoms with Gasteiger partial charge in [0.25, 0.3) is 5.91 Å². The number of nitrogens with zero attached hydrogens (tertiary/aromatic N) is 4. The SMILES string of the molecule is COC(=O)N[C@H](C(=O)N1C[C@@H](SC)CC1C1=NC=C(c2ccc(-c3ccc(-c4cnc(C5C[C@H](SC)CN5C(=O)[C@@H](COOC=N)c5ccccc5)[nH]4)cc3)cc2)C1)c1ccccc1. The third-order valence-electron chi connectivity index (χ3n) is 12.3. The Balaban J connectivity index is 0.923. The molecule has 1 aromatic heterocycles. The molecule has 64 heavy (non-hydrogen) atoms. The molecule has 2 fully saturated rings. The Labute approximate surface area is 381 Å². The van der Waals surface area contributed by atoms with Gasteiger partial charge in [-0.3, -0.25) is 20.0 Å². The summed E-state index contributed by atoms with van der Waals surface area (Å²) in [7, 11) is 1.29. The summed E-state index contributed by atoms with van der Waals surface area (Å²) in [6.45, 7) is 1.13. The number of thioether (sulfide) groups is 2. The average molecular weight is 898 g/mol. The van der Waals surface area contributed by atoms with Crippen molar-refractivity contribution in [2.75, 3.05) is 39.3 Å². The van der Waals surface area contributed by atoms with Gasteiger partial charge in [-0.25, -0.2) is 9.78 Å². The number of aromatic amines is 1. The van der Waals surface area contributed by atoms with Crippen molar-refractivity contribution >= 4 is 59.1 Å². The zero-order valence-electron chi connectivity index (χ0n) is 35.9. The summed E-state index contributed by atoms with van der Waals surface area (Å²) in [5.41, 5.74) is 8.61. The molecule has 4 aromatic carbocycles. The zero-order valence-corrected chi connectivity index (χ0v) is 37.5. The van der Waals surface area contributed by atoms with Crippen LogP contribution in [-0.2, 0) is 24.1 Å². The van der Waals surface area contributed by atoms with Gasteiger partial charge < -0.3 is 29.7 Å². The number of hydrogen-bond donors (Lipinski definition) is 3. The van der Waals surface area contributed by atoms with Gasteiger partial charge in [-0.2, -0.15) is 28.4 Å². The maximum Gasteiger partial charge on any atom is 0.407 e. The molecule has 0 bridgehead atoms. The molecule has 8 rings (SSSR count). The number of benzene rings is 4. The monoisotopic (exact) mass is 897 g/mol. The number of ether oxygens (including phenoxy) is 1. The number of likely N-dealkylation sites (tertiary alicyclic amines) is 2. The Morgan fingerprint density at radius 1 is 0.797 bits per heavy atom. The summed E-state index contributed by atoms with van der Waals surface area (Å²) < 4.78 is 4.88. The van der Waals surface area contributed by atoms with Crippen LogP contribution < -0.4 is 5.32 Å². The van der Waals surface area contributed by atoms with Gasteiger partial charge in [-0.15, -0.1) is 0 Å². The predicted molar refractivity (Wildman–Crippen MR) is 253 cm³/mol. The van der Waals surface area contributed by atoms with Crippen LogP contribution in [0.2, 0.25) is 0 Å². The van der Waals surface area contributed by atoms with Crippen LogP contribution in [0.3, 0.4) is 0 Å². The fourth-order valence-corrected chi connectivity index (χ4v) is 10.2. The first kappa shape index (κ1) is 44.4. The molecule has 0 radical (unpaired) electrons. The number of hydrogen-bond acceptors (Lipinski definition) is 11. The number of allylic oxidation sites excluding steroid dienone is 1. The first-order valence-electron chi connectivity index (χ1n) is 21.2. The number of aliphatic imine (C=N–C) groups is 1. The fourth-order valence-electron chi connectivity index (χ4n) is 8.81. The van der Waals surface area contributed by atoms with Crippen LogP contribution in [0.4, 0.5) is 4.79 Å². The van der Waals surface area contributed by atoms with Crippen molar-refractivity contribution in [3.63, 3.8) is 0 Å². The molecule has 5 aromatic rings. The smallest absolute Gasteiger partial charge is 0.407 e. The highest BCUT2D eigenvalue weighted by Gasteiger charge is 2.43. The average Bonchev–Trinajstić information content (AvgIpc) is 4.19. The molecule has 4 heterocycles. The molecular formula is C49H51N7O6S2. The molecule has 3 aliphatic heterocycles. The van der Waals surface area contributed by atoms with E-state index in [1.165, 1.54) is 7.11 Å². The molecule has 2 saturated heterocycles. The topological polar surface area (TPSA) is 162 Å². The van der Waals surface area contributed by atoms with Gasteiger partial charge >= 0.3 is 6.09 Å². The van der Waals surface area contributed by atoms with Crippen LogP contribution in [-0.4, -0.2) is 106 Å². The number of alkyl carbamates (subject to hydrolysis) is 1. The summed E-state index contributed by atoms with van der Waals surface area (Å²) in [6.07, 6.45) is 10.1. The normalized spacial score (nSPS) is 20.3. The van der Waals surface area contributed by atoms with Gasteiger partial charge in [0.2, 0.25) is 12.3 Å². The Bertz CT molecular complexity index is 2480. The highest BCUT2D eigenvalue weighted by molar-refractivity contribution is 7.99. The summed E-state index contributed by atoms with van der Waals surface area (Å²) in [5, 5.41) is 10.4. The van der Waals surface area contributed by atoms with Gasteiger partial charge in [-0.1, -0.05) is 109 Å². The third-order valence-corrected chi connectivity index (χ3v) is 14.3. The lowest BCUT2D eigenvalue weighted by Crippen LogP contribution is -2.47. The number of nitrogens with one attached hydrogen (secondary N) is 3. The van der Waals surface area contributed by atoms with Crippen molar-refractivity contribution < 1.29 is 28.9 Å². The summed E-state index contributed by atoms with van der Waals surface area (Å²) in [5.74, 6) is -0.125. The minimum absolute atomic E-state index is 0.0192. The third kappa shape index (κ3) is 9.81. The lowest BCUT2D eigenvalue weighted by Gasteiger charge is -2.29. The van der Waals surface area contributed by atoms with Crippen LogP contribution in [0.15, 0.2) is 127 Å². The molecule has 0 saturated carbocycles. The Kier molecular flexibility index (Phi) is 14.3. The van der Waals surface area contributed by atoms with Crippen LogP contribution in [0.5, 0.6) is 0 Å². The number of imidazole rings is 1. The second-order valence-corrected chi connectivity index (χ2v) is 18.2. The Morgan fingerprint density at radius 3 is 1.98 bits per heavy atom. The predicted octanol–water partition coefficient (Wildman–Crippen LogP) is 8.70. The van der Waals surface area contributed by atoms with Crippen LogP contribution in [0.1, 0.15) is 59.8 Å². The minimum atomic E-state index is -0.876. The second kappa shape index (κ2) is 20.6. The van der Waals surface area contributed by atoms with Crippen molar-refractivity contribution in [2.45, 2.75) is 53.8 Å². The maximum absolute atomic E-state index is 14.2. The van der Waals surface area contributed by atoms with Crippen LogP contribution >= 0.6 is 23.5 Å². The Morgan fingerprint density at radius 2 is 1.38 bits per heavy atom. The maximum atomic E-state index is 14.2. The number of carbonyl (C=O) groups excluding carboxylic acids is 3. The van der Waals surface area contributed by atoms with E-state index in [4.69, 9.17) is 29.9 Å². The minimum Gasteiger partial charge on any atom is -0.453 e. The van der Waals surface area contributed by atoms with E-state index < -0.39 is 18.1 Å². The molecular weight excluding hydrogens is 847 g/mol. The van der Waals surface area contributed by atoms with Crippen LogP contribution in [0, 0.1) is 5.41 Å². The number of amides is 3. The van der Waals surface area contributed by atoms with E-state index in [1.54, 1.807) is 23.5 Å². The molecule has 3 N–H and O–H groups in total. The van der Waals surface area contributed by atoms with Crippen LogP contribution in [0.25, 0.3) is 28.0 Å². The number of methoxy groups -OCH3 is 1. The molecule has 0 spiro atoms. The number of carbonyl (C=O) groups is 3. The molecule has 6 atom stereocenters. The molecule has 2 unspecified atom stereocenters. The first-order chi connectivity index (χ1) is 31.3. The first-order valence-corrected chi connectivity index (χ1v) is 23.8. The van der Waals surface area contributed by atoms with Crippen molar-refractivity contribution in [2.24, 2.45) is 4.99 Å². The van der Waals surface area contributed by atoms with E-state index in [2.05, 4.69) is 71.3 Å². The number of rotatable bonds is 16. The molecule has 0 aliphatic carbocycles. The van der Waals surface area contributed by atoms with E-state index in [0.29, 0.717) is 31.5 Å². The van der Waals surface area contributed by atoms with E-state index in [9.17, 15) is 14.4 Å². The standard InChI is InChI=1S/C49H51N7O6S2/c1-60-49(59)54-45(36-12-8-5-9-13-36)48(58)55-27-38(63-2)23-43(55)41-22-37(25-51-41)33-16-14-31(15-17-33)32-18-20-35(21-19-32)42-26-52-46(53-42)44-24-39(64-3)28-56(44)47(57)40(29-61-62-30-50)34-10-6-4-7-11-34/h4-21,25-26,30,38-40,43-45,50H,22-24,27-29H2,1-3H3,(H,52,53)(H,54,59)/t38-,39-,40-,43?,44?,45-/m0/s1. The Hall–Kier alpha value is -6.16. The summed E-state index contributed by atoms with van der Waals surface area (Å²) in [4.78, 5) is 67.7.